The van der Waals surface area contributed by atoms with E-state index in [9.17, 15) is 14.7 Å². The third kappa shape index (κ3) is 4.26. The highest BCUT2D eigenvalue weighted by Crippen LogP contribution is 2.17. The van der Waals surface area contributed by atoms with Gasteiger partial charge in [-0.3, -0.25) is 9.59 Å². The second-order valence-corrected chi connectivity index (χ2v) is 5.92. The summed E-state index contributed by atoms with van der Waals surface area (Å²) in [5.41, 5.74) is 1.70. The van der Waals surface area contributed by atoms with Crippen molar-refractivity contribution in [3.8, 4) is 0 Å². The van der Waals surface area contributed by atoms with Gasteiger partial charge >= 0.3 is 0 Å². The summed E-state index contributed by atoms with van der Waals surface area (Å²) in [6.07, 6.45) is 0.734. The first-order chi connectivity index (χ1) is 10.6. The van der Waals surface area contributed by atoms with Crippen LogP contribution in [0.1, 0.15) is 32.5 Å². The van der Waals surface area contributed by atoms with E-state index >= 15 is 0 Å². The van der Waals surface area contributed by atoms with Gasteiger partial charge in [0.2, 0.25) is 0 Å². The van der Waals surface area contributed by atoms with Crippen LogP contribution in [0.4, 0.5) is 0 Å². The van der Waals surface area contributed by atoms with E-state index in [2.05, 4.69) is 0 Å². The molecule has 0 fully saturated rings. The van der Waals surface area contributed by atoms with Crippen LogP contribution in [-0.4, -0.2) is 41.4 Å². The number of aliphatic hydroxyl groups excluding tert-OH is 1. The van der Waals surface area contributed by atoms with Crippen LogP contribution >= 0.6 is 11.3 Å². The van der Waals surface area contributed by atoms with Gasteiger partial charge in [-0.15, -0.1) is 11.3 Å². The number of amides is 1. The van der Waals surface area contributed by atoms with Crippen LogP contribution in [0.3, 0.4) is 0 Å². The molecule has 0 aliphatic heterocycles. The maximum atomic E-state index is 12.5. The summed E-state index contributed by atoms with van der Waals surface area (Å²) in [5, 5.41) is 10.9. The van der Waals surface area contributed by atoms with Crippen LogP contribution in [0.2, 0.25) is 0 Å². The number of thiophene rings is 1. The first-order valence-electron chi connectivity index (χ1n) is 7.15. The van der Waals surface area contributed by atoms with Gasteiger partial charge in [-0.1, -0.05) is 30.3 Å². The van der Waals surface area contributed by atoms with E-state index in [1.807, 2.05) is 30.3 Å². The molecule has 0 radical (unpaired) electrons. The number of nitrogens with zero attached hydrogens (tertiary/aromatic N) is 1. The van der Waals surface area contributed by atoms with E-state index in [4.69, 9.17) is 0 Å². The SMILES string of the molecule is CC(=O)c1csc(C(=O)N(CCO)CCc2ccccc2)c1. The van der Waals surface area contributed by atoms with Gasteiger partial charge in [0, 0.05) is 24.0 Å². The van der Waals surface area contributed by atoms with Crippen LogP contribution in [-0.2, 0) is 6.42 Å². The van der Waals surface area contributed by atoms with Crippen molar-refractivity contribution in [2.24, 2.45) is 0 Å². The molecule has 5 heteroatoms. The number of hydrogen-bond donors (Lipinski definition) is 1. The van der Waals surface area contributed by atoms with Crippen molar-refractivity contribution in [1.82, 2.24) is 4.90 Å². The smallest absolute Gasteiger partial charge is 0.264 e. The van der Waals surface area contributed by atoms with Gasteiger partial charge in [-0.05, 0) is 25.0 Å². The molecule has 0 unspecified atom stereocenters. The number of rotatable bonds is 7. The minimum atomic E-state index is -0.137. The normalized spacial score (nSPS) is 10.5. The lowest BCUT2D eigenvalue weighted by Gasteiger charge is -2.21. The molecule has 1 aromatic heterocycles. The van der Waals surface area contributed by atoms with Gasteiger partial charge < -0.3 is 10.0 Å². The molecule has 0 spiro atoms. The number of benzene rings is 1. The minimum Gasteiger partial charge on any atom is -0.395 e. The molecule has 1 amide bonds. The van der Waals surface area contributed by atoms with Gasteiger partial charge in [-0.25, -0.2) is 0 Å². The Morgan fingerprint density at radius 3 is 2.50 bits per heavy atom. The van der Waals surface area contributed by atoms with E-state index in [0.29, 0.717) is 23.5 Å². The molecule has 0 saturated carbocycles. The molecule has 1 heterocycles. The number of hydrogen-bond acceptors (Lipinski definition) is 4. The summed E-state index contributed by atoms with van der Waals surface area (Å²) in [5.74, 6) is -0.184. The Kier molecular flexibility index (Phi) is 5.86. The predicted molar refractivity (Wildman–Crippen MR) is 87.5 cm³/mol. The van der Waals surface area contributed by atoms with Crippen molar-refractivity contribution >= 4 is 23.0 Å². The third-order valence-electron chi connectivity index (χ3n) is 3.39. The molecule has 2 rings (SSSR count). The molecule has 1 N–H and O–H groups in total. The van der Waals surface area contributed by atoms with Crippen molar-refractivity contribution in [2.45, 2.75) is 13.3 Å². The summed E-state index contributed by atoms with van der Waals surface area (Å²) >= 11 is 1.27. The van der Waals surface area contributed by atoms with Gasteiger partial charge in [0.15, 0.2) is 5.78 Å². The van der Waals surface area contributed by atoms with Crippen molar-refractivity contribution in [3.05, 3.63) is 57.8 Å². The Bertz CT molecular complexity index is 636. The summed E-state index contributed by atoms with van der Waals surface area (Å²) in [6, 6.07) is 11.5. The van der Waals surface area contributed by atoms with E-state index in [0.717, 1.165) is 12.0 Å². The van der Waals surface area contributed by atoms with Crippen molar-refractivity contribution < 1.29 is 14.7 Å². The number of carbonyl (C=O) groups excluding carboxylic acids is 2. The lowest BCUT2D eigenvalue weighted by molar-refractivity contribution is 0.0729. The average Bonchev–Trinajstić information content (AvgIpc) is 3.02. The Morgan fingerprint density at radius 2 is 1.91 bits per heavy atom. The van der Waals surface area contributed by atoms with Crippen LogP contribution in [0.15, 0.2) is 41.8 Å². The number of carbonyl (C=O) groups is 2. The lowest BCUT2D eigenvalue weighted by atomic mass is 10.1. The zero-order valence-corrected chi connectivity index (χ0v) is 13.3. The van der Waals surface area contributed by atoms with Crippen LogP contribution < -0.4 is 0 Å². The van der Waals surface area contributed by atoms with E-state index in [-0.39, 0.29) is 18.3 Å². The van der Waals surface area contributed by atoms with Crippen LogP contribution in [0, 0.1) is 0 Å². The highest BCUT2D eigenvalue weighted by Gasteiger charge is 2.18. The molecule has 1 aromatic carbocycles. The zero-order valence-electron chi connectivity index (χ0n) is 12.5. The number of ketones is 1. The third-order valence-corrected chi connectivity index (χ3v) is 4.31. The van der Waals surface area contributed by atoms with Gasteiger partial charge in [-0.2, -0.15) is 0 Å². The lowest BCUT2D eigenvalue weighted by Crippen LogP contribution is -2.34. The average molecular weight is 317 g/mol. The molecule has 2 aromatic rings. The van der Waals surface area contributed by atoms with Gasteiger partial charge in [0.1, 0.15) is 0 Å². The number of aliphatic hydroxyl groups is 1. The fraction of sp³-hybridized carbons (Fsp3) is 0.294. The quantitative estimate of drug-likeness (QED) is 0.799. The molecule has 0 aliphatic rings. The molecule has 116 valence electrons. The van der Waals surface area contributed by atoms with Crippen LogP contribution in [0.25, 0.3) is 0 Å². The maximum absolute atomic E-state index is 12.5. The van der Waals surface area contributed by atoms with Gasteiger partial charge in [0.25, 0.3) is 5.91 Å². The largest absolute Gasteiger partial charge is 0.395 e. The zero-order chi connectivity index (χ0) is 15.9. The summed E-state index contributed by atoms with van der Waals surface area (Å²) in [4.78, 5) is 26.0. The topological polar surface area (TPSA) is 57.6 Å². The Hall–Kier alpha value is -1.98. The van der Waals surface area contributed by atoms with E-state index in [1.165, 1.54) is 18.3 Å². The Balaban J connectivity index is 2.05. The fourth-order valence-electron chi connectivity index (χ4n) is 2.13. The van der Waals surface area contributed by atoms with Crippen molar-refractivity contribution in [3.63, 3.8) is 0 Å². The molecule has 0 saturated heterocycles. The molecule has 0 atom stereocenters. The van der Waals surface area contributed by atoms with Crippen molar-refractivity contribution in [1.29, 1.82) is 0 Å². The highest BCUT2D eigenvalue weighted by atomic mass is 32.1. The molecule has 0 bridgehead atoms. The maximum Gasteiger partial charge on any atom is 0.264 e. The second kappa shape index (κ2) is 7.87. The molecular formula is C17H19NO3S. The minimum absolute atomic E-state index is 0.0479. The Labute approximate surface area is 134 Å². The highest BCUT2D eigenvalue weighted by molar-refractivity contribution is 7.12. The molecule has 4 nitrogen and oxygen atoms in total. The first kappa shape index (κ1) is 16.4. The molecular weight excluding hydrogens is 298 g/mol. The second-order valence-electron chi connectivity index (χ2n) is 5.01. The number of Topliss-reactive ketones (excluding diaryl/α,β-unsaturated/α-hetero) is 1. The van der Waals surface area contributed by atoms with Gasteiger partial charge in [0.05, 0.1) is 11.5 Å². The van der Waals surface area contributed by atoms with Crippen LogP contribution in [0.5, 0.6) is 0 Å². The monoisotopic (exact) mass is 317 g/mol. The first-order valence-corrected chi connectivity index (χ1v) is 8.03. The van der Waals surface area contributed by atoms with Crippen molar-refractivity contribution in [2.75, 3.05) is 19.7 Å². The summed E-state index contributed by atoms with van der Waals surface area (Å²) in [7, 11) is 0. The van der Waals surface area contributed by atoms with E-state index in [1.54, 1.807) is 16.3 Å². The standard InChI is InChI=1S/C17H19NO3S/c1-13(20)15-11-16(22-12-15)17(21)18(9-10-19)8-7-14-5-3-2-4-6-14/h2-6,11-12,19H,7-10H2,1H3. The fourth-order valence-corrected chi connectivity index (χ4v) is 3.05. The summed E-state index contributed by atoms with van der Waals surface area (Å²) in [6.45, 7) is 2.23. The molecule has 22 heavy (non-hydrogen) atoms. The predicted octanol–water partition coefficient (Wildman–Crippen LogP) is 2.63. The molecule has 0 aliphatic carbocycles. The Morgan fingerprint density at radius 1 is 1.18 bits per heavy atom. The van der Waals surface area contributed by atoms with E-state index < -0.39 is 0 Å². The summed E-state index contributed by atoms with van der Waals surface area (Å²) < 4.78 is 0.